The van der Waals surface area contributed by atoms with Gasteiger partial charge in [0.2, 0.25) is 5.91 Å². The molecular weight excluding hydrogens is 412 g/mol. The summed E-state index contributed by atoms with van der Waals surface area (Å²) in [6.07, 6.45) is 3.27. The molecule has 3 aromatic carbocycles. The van der Waals surface area contributed by atoms with Gasteiger partial charge in [-0.15, -0.1) is 0 Å². The van der Waals surface area contributed by atoms with E-state index in [9.17, 15) is 9.59 Å². The molecule has 0 bridgehead atoms. The van der Waals surface area contributed by atoms with E-state index in [1.807, 2.05) is 84.9 Å². The van der Waals surface area contributed by atoms with E-state index in [4.69, 9.17) is 5.10 Å². The summed E-state index contributed by atoms with van der Waals surface area (Å²) < 4.78 is 1.80. The highest BCUT2D eigenvalue weighted by Crippen LogP contribution is 2.26. The number of anilines is 2. The van der Waals surface area contributed by atoms with Gasteiger partial charge in [-0.1, -0.05) is 60.7 Å². The second-order valence-corrected chi connectivity index (χ2v) is 8.09. The molecule has 6 nitrogen and oxygen atoms in total. The molecule has 1 aliphatic rings. The standard InChI is InChI=1S/C27H24N4O2/c32-25-12-7-17-31(25)23-15-13-22(14-16-23)28-27(33)24-19-30(18-20-8-3-1-4-9-20)29-26(24)21-10-5-2-6-11-21/h1-6,8-11,13-16,19H,7,12,17-18H2,(H,28,33). The minimum Gasteiger partial charge on any atom is -0.322 e. The Morgan fingerprint density at radius 2 is 1.61 bits per heavy atom. The molecule has 164 valence electrons. The molecule has 2 amide bonds. The molecule has 33 heavy (non-hydrogen) atoms. The van der Waals surface area contributed by atoms with E-state index >= 15 is 0 Å². The molecule has 4 aromatic rings. The molecule has 0 unspecified atom stereocenters. The number of nitrogens with one attached hydrogen (secondary N) is 1. The van der Waals surface area contributed by atoms with Gasteiger partial charge in [-0.25, -0.2) is 0 Å². The molecule has 0 atom stereocenters. The summed E-state index contributed by atoms with van der Waals surface area (Å²) in [4.78, 5) is 27.0. The van der Waals surface area contributed by atoms with Crippen molar-refractivity contribution in [3.8, 4) is 11.3 Å². The van der Waals surface area contributed by atoms with Crippen molar-refractivity contribution in [3.63, 3.8) is 0 Å². The Morgan fingerprint density at radius 1 is 0.909 bits per heavy atom. The molecule has 0 saturated carbocycles. The van der Waals surface area contributed by atoms with Gasteiger partial charge in [-0.2, -0.15) is 5.10 Å². The number of hydrogen-bond donors (Lipinski definition) is 1. The zero-order chi connectivity index (χ0) is 22.6. The summed E-state index contributed by atoms with van der Waals surface area (Å²) in [6.45, 7) is 1.32. The van der Waals surface area contributed by atoms with E-state index in [0.29, 0.717) is 29.9 Å². The fraction of sp³-hybridized carbons (Fsp3) is 0.148. The molecule has 1 aliphatic heterocycles. The van der Waals surface area contributed by atoms with Gasteiger partial charge in [-0.05, 0) is 36.2 Å². The predicted octanol–water partition coefficient (Wildman–Crippen LogP) is 4.98. The largest absolute Gasteiger partial charge is 0.322 e. The Labute approximate surface area is 192 Å². The van der Waals surface area contributed by atoms with E-state index in [1.165, 1.54) is 0 Å². The first-order valence-corrected chi connectivity index (χ1v) is 11.1. The maximum absolute atomic E-state index is 13.2. The van der Waals surface area contributed by atoms with Crippen molar-refractivity contribution in [2.24, 2.45) is 0 Å². The van der Waals surface area contributed by atoms with E-state index in [2.05, 4.69) is 5.32 Å². The number of aromatic nitrogens is 2. The van der Waals surface area contributed by atoms with Crippen LogP contribution in [0, 0.1) is 0 Å². The zero-order valence-electron chi connectivity index (χ0n) is 18.1. The Balaban J connectivity index is 1.40. The molecule has 1 saturated heterocycles. The predicted molar refractivity (Wildman–Crippen MR) is 129 cm³/mol. The highest BCUT2D eigenvalue weighted by Gasteiger charge is 2.22. The number of hydrogen-bond acceptors (Lipinski definition) is 3. The highest BCUT2D eigenvalue weighted by atomic mass is 16.2. The van der Waals surface area contributed by atoms with E-state index in [-0.39, 0.29) is 11.8 Å². The van der Waals surface area contributed by atoms with E-state index < -0.39 is 0 Å². The lowest BCUT2D eigenvalue weighted by atomic mass is 10.1. The van der Waals surface area contributed by atoms with Gasteiger partial charge >= 0.3 is 0 Å². The molecule has 1 N–H and O–H groups in total. The van der Waals surface area contributed by atoms with Gasteiger partial charge in [-0.3, -0.25) is 14.3 Å². The number of carbonyl (C=O) groups excluding carboxylic acids is 2. The van der Waals surface area contributed by atoms with E-state index in [1.54, 1.807) is 15.8 Å². The lowest BCUT2D eigenvalue weighted by Crippen LogP contribution is -2.23. The third kappa shape index (κ3) is 4.55. The quantitative estimate of drug-likeness (QED) is 0.464. The summed E-state index contributed by atoms with van der Waals surface area (Å²) in [5.74, 6) is -0.0803. The number of carbonyl (C=O) groups is 2. The third-order valence-corrected chi connectivity index (χ3v) is 5.75. The van der Waals surface area contributed by atoms with Crippen LogP contribution in [0.1, 0.15) is 28.8 Å². The van der Waals surface area contributed by atoms with Crippen molar-refractivity contribution in [3.05, 3.63) is 102 Å². The fourth-order valence-corrected chi connectivity index (χ4v) is 4.09. The maximum Gasteiger partial charge on any atom is 0.259 e. The van der Waals surface area contributed by atoms with Crippen molar-refractivity contribution in [1.82, 2.24) is 9.78 Å². The average Bonchev–Trinajstić information content (AvgIpc) is 3.47. The topological polar surface area (TPSA) is 67.2 Å². The molecule has 1 aromatic heterocycles. The van der Waals surface area contributed by atoms with Gasteiger partial charge in [0.05, 0.1) is 12.1 Å². The second kappa shape index (κ2) is 9.12. The average molecular weight is 437 g/mol. The maximum atomic E-state index is 13.2. The van der Waals surface area contributed by atoms with Crippen molar-refractivity contribution in [1.29, 1.82) is 0 Å². The van der Waals surface area contributed by atoms with Gasteiger partial charge in [0.15, 0.2) is 0 Å². The van der Waals surface area contributed by atoms with Crippen molar-refractivity contribution in [2.45, 2.75) is 19.4 Å². The fourth-order valence-electron chi connectivity index (χ4n) is 4.09. The lowest BCUT2D eigenvalue weighted by molar-refractivity contribution is -0.117. The molecule has 6 heteroatoms. The van der Waals surface area contributed by atoms with Gasteiger partial charge < -0.3 is 10.2 Å². The van der Waals surface area contributed by atoms with Crippen LogP contribution in [0.15, 0.2) is 91.1 Å². The number of rotatable bonds is 6. The summed E-state index contributed by atoms with van der Waals surface area (Å²) >= 11 is 0. The number of nitrogens with zero attached hydrogens (tertiary/aromatic N) is 3. The lowest BCUT2D eigenvalue weighted by Gasteiger charge is -2.16. The van der Waals surface area contributed by atoms with Crippen molar-refractivity contribution < 1.29 is 9.59 Å². The number of benzene rings is 3. The van der Waals surface area contributed by atoms with E-state index in [0.717, 1.165) is 29.8 Å². The monoisotopic (exact) mass is 436 g/mol. The molecule has 0 radical (unpaired) electrons. The molecule has 0 aliphatic carbocycles. The summed E-state index contributed by atoms with van der Waals surface area (Å²) in [5.41, 5.74) is 4.68. The zero-order valence-corrected chi connectivity index (χ0v) is 18.1. The molecule has 1 fully saturated rings. The minimum absolute atomic E-state index is 0.144. The molecule has 5 rings (SSSR count). The first-order valence-electron chi connectivity index (χ1n) is 11.1. The van der Waals surface area contributed by atoms with Crippen LogP contribution in [-0.4, -0.2) is 28.1 Å². The van der Waals surface area contributed by atoms with Gasteiger partial charge in [0.25, 0.3) is 5.91 Å². The Hall–Kier alpha value is -4.19. The second-order valence-electron chi connectivity index (χ2n) is 8.09. The van der Waals surface area contributed by atoms with Crippen LogP contribution in [0.2, 0.25) is 0 Å². The molecule has 0 spiro atoms. The van der Waals surface area contributed by atoms with Gasteiger partial charge in [0.1, 0.15) is 5.69 Å². The Morgan fingerprint density at radius 3 is 2.27 bits per heavy atom. The van der Waals surface area contributed by atoms with Crippen LogP contribution in [0.4, 0.5) is 11.4 Å². The molecule has 2 heterocycles. The first kappa shape index (κ1) is 20.7. The van der Waals surface area contributed by atoms with Crippen LogP contribution in [0.25, 0.3) is 11.3 Å². The summed E-state index contributed by atoms with van der Waals surface area (Å²) in [5, 5.41) is 7.70. The van der Waals surface area contributed by atoms with Gasteiger partial charge in [0, 0.05) is 36.1 Å². The van der Waals surface area contributed by atoms with Crippen LogP contribution in [0.3, 0.4) is 0 Å². The van der Waals surface area contributed by atoms with Crippen LogP contribution < -0.4 is 10.2 Å². The van der Waals surface area contributed by atoms with Crippen molar-refractivity contribution >= 4 is 23.2 Å². The van der Waals surface area contributed by atoms with Crippen molar-refractivity contribution in [2.75, 3.05) is 16.8 Å². The SMILES string of the molecule is O=C(Nc1ccc(N2CCCC2=O)cc1)c1cn(Cc2ccccc2)nc1-c1ccccc1. The first-order chi connectivity index (χ1) is 16.2. The Kier molecular flexibility index (Phi) is 5.72. The Bertz CT molecular complexity index is 1260. The van der Waals surface area contributed by atoms with Crippen LogP contribution in [0.5, 0.6) is 0 Å². The summed E-state index contributed by atoms with van der Waals surface area (Å²) in [6, 6.07) is 27.2. The normalized spacial score (nSPS) is 13.3. The third-order valence-electron chi connectivity index (χ3n) is 5.75. The number of amides is 2. The smallest absolute Gasteiger partial charge is 0.259 e. The highest BCUT2D eigenvalue weighted by molar-refractivity contribution is 6.08. The molecular formula is C27H24N4O2. The minimum atomic E-state index is -0.224. The van der Waals surface area contributed by atoms with Crippen LogP contribution in [-0.2, 0) is 11.3 Å². The summed E-state index contributed by atoms with van der Waals surface area (Å²) in [7, 11) is 0. The van der Waals surface area contributed by atoms with Crippen LogP contribution >= 0.6 is 0 Å².